The van der Waals surface area contributed by atoms with Crippen molar-refractivity contribution in [1.29, 1.82) is 0 Å². The fourth-order valence-electron chi connectivity index (χ4n) is 3.27. The standard InChI is InChI=1S/C21H25N3O2/c1-14(2)9-11-22-19(25)13-18-20-17(8-5-10-23-20)21(26)24(18)16-7-4-6-15(3)12-16/h4-8,10,12,14,18H,9,11,13H2,1-3H3,(H,22,25)/t18-/m1/s1. The number of benzene rings is 1. The Morgan fingerprint density at radius 3 is 2.81 bits per heavy atom. The summed E-state index contributed by atoms with van der Waals surface area (Å²) in [5.74, 6) is 0.382. The third-order valence-electron chi connectivity index (χ3n) is 4.62. The molecule has 0 radical (unpaired) electrons. The molecule has 1 aliphatic rings. The number of fused-ring (bicyclic) bond motifs is 1. The number of aryl methyl sites for hydroxylation is 1. The molecule has 5 nitrogen and oxygen atoms in total. The third kappa shape index (κ3) is 3.77. The van der Waals surface area contributed by atoms with Crippen LogP contribution in [0.2, 0.25) is 0 Å². The van der Waals surface area contributed by atoms with Gasteiger partial charge in [0.2, 0.25) is 5.91 Å². The van der Waals surface area contributed by atoms with Gasteiger partial charge in [0, 0.05) is 18.4 Å². The number of carbonyl (C=O) groups excluding carboxylic acids is 2. The van der Waals surface area contributed by atoms with Crippen LogP contribution in [-0.2, 0) is 4.79 Å². The number of rotatable bonds is 6. The summed E-state index contributed by atoms with van der Waals surface area (Å²) < 4.78 is 0. The van der Waals surface area contributed by atoms with E-state index in [2.05, 4.69) is 24.1 Å². The lowest BCUT2D eigenvalue weighted by Gasteiger charge is -2.25. The summed E-state index contributed by atoms with van der Waals surface area (Å²) in [7, 11) is 0. The van der Waals surface area contributed by atoms with Gasteiger partial charge in [-0.25, -0.2) is 0 Å². The maximum Gasteiger partial charge on any atom is 0.260 e. The largest absolute Gasteiger partial charge is 0.356 e. The molecular weight excluding hydrogens is 326 g/mol. The Balaban J connectivity index is 1.86. The van der Waals surface area contributed by atoms with Gasteiger partial charge in [-0.3, -0.25) is 19.5 Å². The van der Waals surface area contributed by atoms with Gasteiger partial charge in [0.15, 0.2) is 0 Å². The Morgan fingerprint density at radius 1 is 1.27 bits per heavy atom. The van der Waals surface area contributed by atoms with Gasteiger partial charge in [-0.2, -0.15) is 0 Å². The first-order valence-electron chi connectivity index (χ1n) is 9.09. The Labute approximate surface area is 154 Å². The first-order chi connectivity index (χ1) is 12.5. The summed E-state index contributed by atoms with van der Waals surface area (Å²) in [5, 5.41) is 2.97. The van der Waals surface area contributed by atoms with Crippen LogP contribution < -0.4 is 10.2 Å². The van der Waals surface area contributed by atoms with Crippen LogP contribution in [0, 0.1) is 12.8 Å². The number of hydrogen-bond acceptors (Lipinski definition) is 3. The van der Waals surface area contributed by atoms with Crippen LogP contribution in [0.1, 0.15) is 54.3 Å². The van der Waals surface area contributed by atoms with E-state index >= 15 is 0 Å². The van der Waals surface area contributed by atoms with Gasteiger partial charge < -0.3 is 5.32 Å². The third-order valence-corrected chi connectivity index (χ3v) is 4.62. The molecule has 2 amide bonds. The van der Waals surface area contributed by atoms with Crippen LogP contribution in [0.5, 0.6) is 0 Å². The summed E-state index contributed by atoms with van der Waals surface area (Å²) in [6.45, 7) is 6.89. The van der Waals surface area contributed by atoms with E-state index in [1.165, 1.54) is 0 Å². The molecule has 0 fully saturated rings. The molecule has 1 aliphatic heterocycles. The molecule has 0 bridgehead atoms. The fraction of sp³-hybridized carbons (Fsp3) is 0.381. The normalized spacial score (nSPS) is 16.1. The van der Waals surface area contributed by atoms with Gasteiger partial charge in [0.05, 0.1) is 23.7 Å². The lowest BCUT2D eigenvalue weighted by Crippen LogP contribution is -2.33. The summed E-state index contributed by atoms with van der Waals surface area (Å²) in [6, 6.07) is 10.9. The van der Waals surface area contributed by atoms with Crippen molar-refractivity contribution in [1.82, 2.24) is 10.3 Å². The lowest BCUT2D eigenvalue weighted by molar-refractivity contribution is -0.121. The van der Waals surface area contributed by atoms with Crippen molar-refractivity contribution in [3.63, 3.8) is 0 Å². The van der Waals surface area contributed by atoms with Crippen molar-refractivity contribution < 1.29 is 9.59 Å². The lowest BCUT2D eigenvalue weighted by atomic mass is 10.1. The molecule has 26 heavy (non-hydrogen) atoms. The van der Waals surface area contributed by atoms with E-state index < -0.39 is 0 Å². The average Bonchev–Trinajstić information content (AvgIpc) is 2.87. The summed E-state index contributed by atoms with van der Waals surface area (Å²) >= 11 is 0. The molecule has 1 atom stereocenters. The van der Waals surface area contributed by atoms with Gasteiger partial charge >= 0.3 is 0 Å². The van der Waals surface area contributed by atoms with E-state index in [-0.39, 0.29) is 24.3 Å². The van der Waals surface area contributed by atoms with Crippen LogP contribution in [0.15, 0.2) is 42.6 Å². The molecule has 1 aromatic carbocycles. The fourth-order valence-corrected chi connectivity index (χ4v) is 3.27. The molecule has 0 saturated carbocycles. The van der Waals surface area contributed by atoms with Crippen molar-refractivity contribution >= 4 is 17.5 Å². The molecule has 1 aromatic heterocycles. The van der Waals surface area contributed by atoms with Crippen LogP contribution in [0.4, 0.5) is 5.69 Å². The molecule has 0 unspecified atom stereocenters. The highest BCUT2D eigenvalue weighted by molar-refractivity contribution is 6.11. The minimum Gasteiger partial charge on any atom is -0.356 e. The molecule has 136 valence electrons. The molecule has 1 N–H and O–H groups in total. The van der Waals surface area contributed by atoms with E-state index in [0.717, 1.165) is 17.7 Å². The van der Waals surface area contributed by atoms with E-state index in [1.807, 2.05) is 31.2 Å². The van der Waals surface area contributed by atoms with Gasteiger partial charge in [-0.15, -0.1) is 0 Å². The molecule has 0 aliphatic carbocycles. The van der Waals surface area contributed by atoms with Crippen molar-refractivity contribution in [2.75, 3.05) is 11.4 Å². The van der Waals surface area contributed by atoms with E-state index in [0.29, 0.717) is 23.7 Å². The number of anilines is 1. The Morgan fingerprint density at radius 2 is 2.08 bits per heavy atom. The van der Waals surface area contributed by atoms with E-state index in [1.54, 1.807) is 23.2 Å². The zero-order chi connectivity index (χ0) is 18.7. The van der Waals surface area contributed by atoms with Crippen molar-refractivity contribution in [3.05, 3.63) is 59.4 Å². The SMILES string of the molecule is Cc1cccc(N2C(=O)c3cccnc3[C@H]2CC(=O)NCCC(C)C)c1. The number of aromatic nitrogens is 1. The molecule has 0 saturated heterocycles. The predicted molar refractivity (Wildman–Crippen MR) is 102 cm³/mol. The molecular formula is C21H25N3O2. The number of carbonyl (C=O) groups is 2. The summed E-state index contributed by atoms with van der Waals surface area (Å²) in [5.41, 5.74) is 3.12. The first kappa shape index (κ1) is 18.1. The Bertz CT molecular complexity index is 816. The van der Waals surface area contributed by atoms with Gasteiger partial charge in [0.25, 0.3) is 5.91 Å². The molecule has 5 heteroatoms. The maximum absolute atomic E-state index is 13.0. The van der Waals surface area contributed by atoms with Crippen LogP contribution in [-0.4, -0.2) is 23.3 Å². The second-order valence-electron chi connectivity index (χ2n) is 7.20. The van der Waals surface area contributed by atoms with Crippen LogP contribution in [0.25, 0.3) is 0 Å². The number of nitrogens with one attached hydrogen (secondary N) is 1. The number of hydrogen-bond donors (Lipinski definition) is 1. The molecule has 2 heterocycles. The zero-order valence-corrected chi connectivity index (χ0v) is 15.5. The second kappa shape index (κ2) is 7.68. The minimum atomic E-state index is -0.375. The van der Waals surface area contributed by atoms with Crippen LogP contribution >= 0.6 is 0 Å². The predicted octanol–water partition coefficient (Wildman–Crippen LogP) is 3.64. The van der Waals surface area contributed by atoms with Crippen molar-refractivity contribution in [2.24, 2.45) is 5.92 Å². The Hall–Kier alpha value is -2.69. The first-order valence-corrected chi connectivity index (χ1v) is 9.09. The highest BCUT2D eigenvalue weighted by atomic mass is 16.2. The number of nitrogens with zero attached hydrogens (tertiary/aromatic N) is 2. The number of amides is 2. The average molecular weight is 351 g/mol. The highest BCUT2D eigenvalue weighted by Crippen LogP contribution is 2.38. The quantitative estimate of drug-likeness (QED) is 0.864. The maximum atomic E-state index is 13.0. The van der Waals surface area contributed by atoms with E-state index in [9.17, 15) is 9.59 Å². The summed E-state index contributed by atoms with van der Waals surface area (Å²) in [4.78, 5) is 31.5. The molecule has 2 aromatic rings. The summed E-state index contributed by atoms with van der Waals surface area (Å²) in [6.07, 6.45) is 2.82. The monoisotopic (exact) mass is 351 g/mol. The molecule has 0 spiro atoms. The minimum absolute atomic E-state index is 0.0559. The van der Waals surface area contributed by atoms with Crippen molar-refractivity contribution in [3.8, 4) is 0 Å². The van der Waals surface area contributed by atoms with Gasteiger partial charge in [-0.1, -0.05) is 26.0 Å². The zero-order valence-electron chi connectivity index (χ0n) is 15.5. The Kier molecular flexibility index (Phi) is 5.35. The van der Waals surface area contributed by atoms with Gasteiger partial charge in [0.1, 0.15) is 0 Å². The van der Waals surface area contributed by atoms with Crippen molar-refractivity contribution in [2.45, 2.75) is 39.7 Å². The topological polar surface area (TPSA) is 62.3 Å². The highest BCUT2D eigenvalue weighted by Gasteiger charge is 2.39. The van der Waals surface area contributed by atoms with Crippen LogP contribution in [0.3, 0.4) is 0 Å². The second-order valence-corrected chi connectivity index (χ2v) is 7.20. The molecule has 3 rings (SSSR count). The smallest absolute Gasteiger partial charge is 0.260 e. The van der Waals surface area contributed by atoms with Gasteiger partial charge in [-0.05, 0) is 49.1 Å². The number of pyridine rings is 1. The van der Waals surface area contributed by atoms with E-state index in [4.69, 9.17) is 0 Å².